The molecule has 25 heavy (non-hydrogen) atoms. The van der Waals surface area contributed by atoms with E-state index in [-0.39, 0.29) is 6.61 Å². The van der Waals surface area contributed by atoms with Crippen molar-refractivity contribution in [3.63, 3.8) is 0 Å². The maximum absolute atomic E-state index is 11.9. The monoisotopic (exact) mass is 377 g/mol. The van der Waals surface area contributed by atoms with Crippen LogP contribution in [0.15, 0.2) is 42.5 Å². The lowest BCUT2D eigenvalue weighted by Gasteiger charge is -2.10. The molecule has 0 fully saturated rings. The van der Waals surface area contributed by atoms with Gasteiger partial charge in [-0.15, -0.1) is 0 Å². The lowest BCUT2D eigenvalue weighted by molar-refractivity contribution is -0.142. The average Bonchev–Trinajstić information content (AvgIpc) is 2.56. The molecular formula is C19H17Cl2NO3. The third kappa shape index (κ3) is 5.62. The molecule has 1 N–H and O–H groups in total. The van der Waals surface area contributed by atoms with E-state index < -0.39 is 11.9 Å². The first kappa shape index (κ1) is 19.0. The molecule has 0 bridgehead atoms. The highest BCUT2D eigenvalue weighted by molar-refractivity contribution is 6.35. The number of hydrogen-bond donors (Lipinski definition) is 1. The van der Waals surface area contributed by atoms with Gasteiger partial charge in [0, 0.05) is 21.8 Å². The van der Waals surface area contributed by atoms with Gasteiger partial charge in [0.05, 0.1) is 0 Å². The highest BCUT2D eigenvalue weighted by Crippen LogP contribution is 2.22. The van der Waals surface area contributed by atoms with E-state index in [2.05, 4.69) is 5.32 Å². The molecule has 0 heterocycles. The Hall–Kier alpha value is -2.30. The Bertz CT molecular complexity index is 831. The van der Waals surface area contributed by atoms with Gasteiger partial charge >= 0.3 is 5.97 Å². The summed E-state index contributed by atoms with van der Waals surface area (Å²) in [5.41, 5.74) is 3.37. The minimum Gasteiger partial charge on any atom is -0.452 e. The van der Waals surface area contributed by atoms with E-state index in [0.29, 0.717) is 21.3 Å². The third-order valence-electron chi connectivity index (χ3n) is 3.59. The molecule has 1 amide bonds. The van der Waals surface area contributed by atoms with Gasteiger partial charge in [0.1, 0.15) is 0 Å². The second kappa shape index (κ2) is 8.70. The van der Waals surface area contributed by atoms with E-state index in [1.165, 1.54) is 12.2 Å². The van der Waals surface area contributed by atoms with E-state index in [1.807, 2.05) is 26.0 Å². The van der Waals surface area contributed by atoms with Crippen LogP contribution in [-0.4, -0.2) is 18.5 Å². The van der Waals surface area contributed by atoms with Crippen LogP contribution < -0.4 is 5.32 Å². The number of hydrogen-bond acceptors (Lipinski definition) is 3. The summed E-state index contributed by atoms with van der Waals surface area (Å²) < 4.78 is 4.92. The molecule has 2 rings (SSSR count). The Labute approximate surface area is 156 Å². The molecule has 0 aliphatic heterocycles. The van der Waals surface area contributed by atoms with Crippen molar-refractivity contribution in [1.29, 1.82) is 0 Å². The number of nitrogens with one attached hydrogen (secondary N) is 1. The van der Waals surface area contributed by atoms with Gasteiger partial charge in [-0.05, 0) is 54.8 Å². The predicted molar refractivity (Wildman–Crippen MR) is 101 cm³/mol. The third-order valence-corrected chi connectivity index (χ3v) is 4.15. The molecule has 0 aliphatic rings. The van der Waals surface area contributed by atoms with Gasteiger partial charge in [-0.3, -0.25) is 4.79 Å². The van der Waals surface area contributed by atoms with Crippen molar-refractivity contribution >= 4 is 46.8 Å². The van der Waals surface area contributed by atoms with Crippen LogP contribution in [0.3, 0.4) is 0 Å². The van der Waals surface area contributed by atoms with Gasteiger partial charge in [-0.25, -0.2) is 4.79 Å². The molecule has 0 unspecified atom stereocenters. The van der Waals surface area contributed by atoms with E-state index in [9.17, 15) is 9.59 Å². The lowest BCUT2D eigenvalue weighted by Crippen LogP contribution is -2.20. The van der Waals surface area contributed by atoms with Crippen LogP contribution in [0.4, 0.5) is 5.69 Å². The Kier molecular flexibility index (Phi) is 6.62. The van der Waals surface area contributed by atoms with Crippen molar-refractivity contribution in [2.45, 2.75) is 13.8 Å². The van der Waals surface area contributed by atoms with Gasteiger partial charge < -0.3 is 10.1 Å². The van der Waals surface area contributed by atoms with Crippen molar-refractivity contribution < 1.29 is 14.3 Å². The first-order chi connectivity index (χ1) is 11.9. The number of benzene rings is 2. The summed E-state index contributed by atoms with van der Waals surface area (Å²) in [6.45, 7) is 3.50. The molecule has 0 atom stereocenters. The number of halogens is 2. The molecule has 0 aliphatic carbocycles. The second-order valence-electron chi connectivity index (χ2n) is 5.40. The summed E-state index contributed by atoms with van der Waals surface area (Å²) in [6.07, 6.45) is 2.71. The van der Waals surface area contributed by atoms with Gasteiger partial charge in [-0.2, -0.15) is 0 Å². The van der Waals surface area contributed by atoms with Crippen molar-refractivity contribution in [3.8, 4) is 0 Å². The first-order valence-corrected chi connectivity index (χ1v) is 8.28. The van der Waals surface area contributed by atoms with Crippen LogP contribution in [0, 0.1) is 13.8 Å². The zero-order valence-corrected chi connectivity index (χ0v) is 15.3. The second-order valence-corrected chi connectivity index (χ2v) is 6.25. The fourth-order valence-corrected chi connectivity index (χ4v) is 2.52. The van der Waals surface area contributed by atoms with E-state index >= 15 is 0 Å². The topological polar surface area (TPSA) is 55.4 Å². The van der Waals surface area contributed by atoms with Gasteiger partial charge in [0.15, 0.2) is 6.61 Å². The van der Waals surface area contributed by atoms with E-state index in [1.54, 1.807) is 24.3 Å². The minimum absolute atomic E-state index is 0.370. The number of anilines is 1. The SMILES string of the molecule is Cc1cccc(NC(=O)COC(=O)/C=C/c2ccc(Cl)cc2Cl)c1C. The first-order valence-electron chi connectivity index (χ1n) is 7.53. The summed E-state index contributed by atoms with van der Waals surface area (Å²) in [5.74, 6) is -1.04. The molecule has 0 saturated carbocycles. The predicted octanol–water partition coefficient (Wildman–Crippen LogP) is 4.81. The van der Waals surface area contributed by atoms with Crippen LogP contribution >= 0.6 is 23.2 Å². The summed E-state index contributed by atoms with van der Waals surface area (Å²) in [7, 11) is 0. The zero-order chi connectivity index (χ0) is 18.4. The smallest absolute Gasteiger partial charge is 0.331 e. The summed E-state index contributed by atoms with van der Waals surface area (Å²) in [4.78, 5) is 23.6. The van der Waals surface area contributed by atoms with Crippen molar-refractivity contribution in [2.75, 3.05) is 11.9 Å². The summed E-state index contributed by atoms with van der Waals surface area (Å²) in [5, 5.41) is 3.65. The number of rotatable bonds is 5. The molecule has 4 nitrogen and oxygen atoms in total. The van der Waals surface area contributed by atoms with Crippen LogP contribution in [0.1, 0.15) is 16.7 Å². The lowest BCUT2D eigenvalue weighted by atomic mass is 10.1. The Morgan fingerprint density at radius 2 is 1.92 bits per heavy atom. The van der Waals surface area contributed by atoms with Crippen LogP contribution in [0.25, 0.3) is 6.08 Å². The number of carbonyl (C=O) groups is 2. The van der Waals surface area contributed by atoms with Crippen molar-refractivity contribution in [1.82, 2.24) is 0 Å². The van der Waals surface area contributed by atoms with Crippen LogP contribution in [0.2, 0.25) is 10.0 Å². The summed E-state index contributed by atoms with van der Waals surface area (Å²) in [6, 6.07) is 10.5. The molecular weight excluding hydrogens is 361 g/mol. The Morgan fingerprint density at radius 1 is 1.16 bits per heavy atom. The molecule has 6 heteroatoms. The fraction of sp³-hybridized carbons (Fsp3) is 0.158. The van der Waals surface area contributed by atoms with Crippen molar-refractivity contribution in [3.05, 3.63) is 69.2 Å². The molecule has 130 valence electrons. The highest BCUT2D eigenvalue weighted by atomic mass is 35.5. The Morgan fingerprint density at radius 3 is 2.64 bits per heavy atom. The van der Waals surface area contributed by atoms with Crippen LogP contribution in [-0.2, 0) is 14.3 Å². The molecule has 2 aromatic carbocycles. The normalized spacial score (nSPS) is 10.7. The number of esters is 1. The van der Waals surface area contributed by atoms with Gasteiger partial charge in [0.25, 0.3) is 5.91 Å². The van der Waals surface area contributed by atoms with E-state index in [0.717, 1.165) is 11.1 Å². The molecule has 0 aromatic heterocycles. The van der Waals surface area contributed by atoms with E-state index in [4.69, 9.17) is 27.9 Å². The minimum atomic E-state index is -0.637. The zero-order valence-electron chi connectivity index (χ0n) is 13.8. The molecule has 0 spiro atoms. The maximum Gasteiger partial charge on any atom is 0.331 e. The highest BCUT2D eigenvalue weighted by Gasteiger charge is 2.08. The molecule has 0 saturated heterocycles. The summed E-state index contributed by atoms with van der Waals surface area (Å²) >= 11 is 11.8. The van der Waals surface area contributed by atoms with Crippen LogP contribution in [0.5, 0.6) is 0 Å². The quantitative estimate of drug-likeness (QED) is 0.600. The standard InChI is InChI=1S/C19H17Cl2NO3/c1-12-4-3-5-17(13(12)2)22-18(23)11-25-19(24)9-7-14-6-8-15(20)10-16(14)21/h3-10H,11H2,1-2H3,(H,22,23)/b9-7+. The number of carbonyl (C=O) groups excluding carboxylic acids is 2. The van der Waals surface area contributed by atoms with Gasteiger partial charge in [-0.1, -0.05) is 41.4 Å². The Balaban J connectivity index is 1.88. The molecule has 2 aromatic rings. The van der Waals surface area contributed by atoms with Crippen molar-refractivity contribution in [2.24, 2.45) is 0 Å². The largest absolute Gasteiger partial charge is 0.452 e. The van der Waals surface area contributed by atoms with Gasteiger partial charge in [0.2, 0.25) is 0 Å². The number of aryl methyl sites for hydroxylation is 1. The molecule has 0 radical (unpaired) electrons. The number of ether oxygens (including phenoxy) is 1. The number of amides is 1. The fourth-order valence-electron chi connectivity index (χ4n) is 2.05. The maximum atomic E-state index is 11.9. The average molecular weight is 378 g/mol.